The lowest BCUT2D eigenvalue weighted by atomic mass is 10.1. The summed E-state index contributed by atoms with van der Waals surface area (Å²) in [5.41, 5.74) is 2.59. The van der Waals surface area contributed by atoms with Gasteiger partial charge in [0.05, 0.1) is 0 Å². The molecule has 0 unspecified atom stereocenters. The summed E-state index contributed by atoms with van der Waals surface area (Å²) in [5, 5.41) is 3.59. The molecule has 1 aliphatic rings. The summed E-state index contributed by atoms with van der Waals surface area (Å²) in [6, 6.07) is 7.11. The number of rotatable bonds is 2. The number of hydrogen-bond donors (Lipinski definition) is 1. The van der Waals surface area contributed by atoms with Crippen molar-refractivity contribution in [1.82, 2.24) is 0 Å². The number of hydrogen-bond acceptors (Lipinski definition) is 2. The van der Waals surface area contributed by atoms with Crippen LogP contribution in [0.4, 0.5) is 5.69 Å². The molecule has 0 aromatic heterocycles. The molecule has 82 valence electrons. The largest absolute Gasteiger partial charge is 0.382 e. The summed E-state index contributed by atoms with van der Waals surface area (Å²) in [7, 11) is 0. The van der Waals surface area contributed by atoms with Gasteiger partial charge >= 0.3 is 0 Å². The van der Waals surface area contributed by atoms with Crippen molar-refractivity contribution < 1.29 is 4.74 Å². The van der Waals surface area contributed by atoms with Crippen molar-refractivity contribution in [2.45, 2.75) is 25.8 Å². The molecule has 1 aromatic rings. The van der Waals surface area contributed by atoms with Gasteiger partial charge in [-0.3, -0.25) is 0 Å². The van der Waals surface area contributed by atoms with Crippen LogP contribution in [0.1, 0.15) is 18.4 Å². The van der Waals surface area contributed by atoms with Gasteiger partial charge in [0.2, 0.25) is 0 Å². The fourth-order valence-corrected chi connectivity index (χ4v) is 2.50. The molecule has 1 aromatic carbocycles. The van der Waals surface area contributed by atoms with Crippen molar-refractivity contribution in [1.29, 1.82) is 0 Å². The molecule has 0 saturated carbocycles. The summed E-state index contributed by atoms with van der Waals surface area (Å²) in [4.78, 5) is 0. The normalized spacial score (nSPS) is 17.7. The van der Waals surface area contributed by atoms with Crippen LogP contribution >= 0.6 is 22.6 Å². The van der Waals surface area contributed by atoms with Crippen molar-refractivity contribution in [3.8, 4) is 0 Å². The smallest absolute Gasteiger partial charge is 0.0485 e. The Morgan fingerprint density at radius 2 is 2.07 bits per heavy atom. The minimum Gasteiger partial charge on any atom is -0.382 e. The van der Waals surface area contributed by atoms with Crippen LogP contribution in [0, 0.1) is 10.5 Å². The monoisotopic (exact) mass is 317 g/mol. The average Bonchev–Trinajstić information content (AvgIpc) is 2.24. The van der Waals surface area contributed by atoms with Crippen LogP contribution < -0.4 is 5.32 Å². The first-order valence-corrected chi connectivity index (χ1v) is 6.44. The second kappa shape index (κ2) is 5.16. The Balaban J connectivity index is 2.03. The Kier molecular flexibility index (Phi) is 3.86. The molecule has 0 aliphatic carbocycles. The molecule has 3 heteroatoms. The van der Waals surface area contributed by atoms with Gasteiger partial charge in [-0.2, -0.15) is 0 Å². The van der Waals surface area contributed by atoms with Gasteiger partial charge in [-0.25, -0.2) is 0 Å². The Labute approximate surface area is 105 Å². The Morgan fingerprint density at radius 3 is 2.73 bits per heavy atom. The molecule has 1 fully saturated rings. The highest BCUT2D eigenvalue weighted by Gasteiger charge is 2.13. The van der Waals surface area contributed by atoms with Gasteiger partial charge in [-0.1, -0.05) is 0 Å². The number of ether oxygens (including phenoxy) is 1. The first-order valence-electron chi connectivity index (χ1n) is 5.36. The lowest BCUT2D eigenvalue weighted by Gasteiger charge is -2.25. The maximum Gasteiger partial charge on any atom is 0.0485 e. The van der Waals surface area contributed by atoms with Crippen LogP contribution in [0.3, 0.4) is 0 Å². The van der Waals surface area contributed by atoms with Gasteiger partial charge in [0.1, 0.15) is 0 Å². The Morgan fingerprint density at radius 1 is 1.33 bits per heavy atom. The number of halogens is 1. The van der Waals surface area contributed by atoms with E-state index in [0.29, 0.717) is 6.04 Å². The van der Waals surface area contributed by atoms with E-state index in [0.717, 1.165) is 26.1 Å². The van der Waals surface area contributed by atoms with Crippen LogP contribution in [0.15, 0.2) is 18.2 Å². The van der Waals surface area contributed by atoms with Gasteiger partial charge in [-0.15, -0.1) is 0 Å². The molecule has 1 heterocycles. The summed E-state index contributed by atoms with van der Waals surface area (Å²) >= 11 is 2.35. The van der Waals surface area contributed by atoms with E-state index in [9.17, 15) is 0 Å². The zero-order chi connectivity index (χ0) is 10.7. The van der Waals surface area contributed by atoms with E-state index >= 15 is 0 Å². The molecule has 1 aliphatic heterocycles. The topological polar surface area (TPSA) is 21.3 Å². The van der Waals surface area contributed by atoms with Crippen molar-refractivity contribution in [2.24, 2.45) is 0 Å². The highest BCUT2D eigenvalue weighted by atomic mass is 127. The van der Waals surface area contributed by atoms with Crippen LogP contribution in [0.2, 0.25) is 0 Å². The molecule has 0 bridgehead atoms. The number of benzene rings is 1. The maximum atomic E-state index is 5.35. The zero-order valence-corrected chi connectivity index (χ0v) is 11.1. The molecule has 1 N–H and O–H groups in total. The van der Waals surface area contributed by atoms with E-state index < -0.39 is 0 Å². The van der Waals surface area contributed by atoms with Gasteiger partial charge in [0, 0.05) is 28.5 Å². The van der Waals surface area contributed by atoms with Crippen LogP contribution in [0.5, 0.6) is 0 Å². The summed E-state index contributed by atoms with van der Waals surface area (Å²) < 4.78 is 6.64. The van der Waals surface area contributed by atoms with E-state index in [1.807, 2.05) is 0 Å². The molecule has 1 saturated heterocycles. The summed E-state index contributed by atoms with van der Waals surface area (Å²) in [5.74, 6) is 0. The van der Waals surface area contributed by atoms with E-state index in [1.165, 1.54) is 14.8 Å². The third kappa shape index (κ3) is 3.08. The minimum atomic E-state index is 0.581. The number of nitrogens with one attached hydrogen (secondary N) is 1. The molecular weight excluding hydrogens is 301 g/mol. The standard InChI is InChI=1S/C12H16INO/c1-9-8-10(13)2-3-12(9)14-11-4-6-15-7-5-11/h2-3,8,11,14H,4-7H2,1H3. The zero-order valence-electron chi connectivity index (χ0n) is 8.92. The highest BCUT2D eigenvalue weighted by molar-refractivity contribution is 14.1. The lowest BCUT2D eigenvalue weighted by Crippen LogP contribution is -2.28. The van der Waals surface area contributed by atoms with Gasteiger partial charge < -0.3 is 10.1 Å². The van der Waals surface area contributed by atoms with Crippen LogP contribution in [-0.2, 0) is 4.74 Å². The minimum absolute atomic E-state index is 0.581. The van der Waals surface area contributed by atoms with E-state index in [4.69, 9.17) is 4.74 Å². The van der Waals surface area contributed by atoms with E-state index in [1.54, 1.807) is 0 Å². The third-order valence-corrected chi connectivity index (χ3v) is 3.44. The fraction of sp³-hybridized carbons (Fsp3) is 0.500. The summed E-state index contributed by atoms with van der Waals surface area (Å²) in [6.45, 7) is 3.94. The molecule has 2 nitrogen and oxygen atoms in total. The molecule has 0 radical (unpaired) electrons. The molecule has 0 atom stereocenters. The van der Waals surface area contributed by atoms with Crippen molar-refractivity contribution in [2.75, 3.05) is 18.5 Å². The Hall–Kier alpha value is -0.290. The predicted octanol–water partition coefficient (Wildman–Crippen LogP) is 3.19. The second-order valence-corrected chi connectivity index (χ2v) is 5.24. The lowest BCUT2D eigenvalue weighted by molar-refractivity contribution is 0.0904. The summed E-state index contributed by atoms with van der Waals surface area (Å²) in [6.07, 6.45) is 2.23. The number of anilines is 1. The predicted molar refractivity (Wildman–Crippen MR) is 71.4 cm³/mol. The van der Waals surface area contributed by atoms with Crippen LogP contribution in [-0.4, -0.2) is 19.3 Å². The van der Waals surface area contributed by atoms with Crippen LogP contribution in [0.25, 0.3) is 0 Å². The molecule has 0 spiro atoms. The highest BCUT2D eigenvalue weighted by Crippen LogP contribution is 2.21. The first kappa shape index (κ1) is 11.2. The molecule has 0 amide bonds. The van der Waals surface area contributed by atoms with Crippen molar-refractivity contribution >= 4 is 28.3 Å². The van der Waals surface area contributed by atoms with Gasteiger partial charge in [-0.05, 0) is 66.1 Å². The SMILES string of the molecule is Cc1cc(I)ccc1NC1CCOCC1. The Bertz CT molecular complexity index is 334. The van der Waals surface area contributed by atoms with E-state index in [2.05, 4.69) is 53.0 Å². The quantitative estimate of drug-likeness (QED) is 0.846. The average molecular weight is 317 g/mol. The molecular formula is C12H16INO. The first-order chi connectivity index (χ1) is 7.25. The fourth-order valence-electron chi connectivity index (χ4n) is 1.85. The third-order valence-electron chi connectivity index (χ3n) is 2.77. The van der Waals surface area contributed by atoms with Gasteiger partial charge in [0.15, 0.2) is 0 Å². The second-order valence-electron chi connectivity index (χ2n) is 3.99. The molecule has 2 rings (SSSR count). The number of aryl methyl sites for hydroxylation is 1. The van der Waals surface area contributed by atoms with E-state index in [-0.39, 0.29) is 0 Å². The van der Waals surface area contributed by atoms with Gasteiger partial charge in [0.25, 0.3) is 0 Å². The maximum absolute atomic E-state index is 5.35. The van der Waals surface area contributed by atoms with Crippen molar-refractivity contribution in [3.05, 3.63) is 27.3 Å². The molecule has 15 heavy (non-hydrogen) atoms. The van der Waals surface area contributed by atoms with Crippen molar-refractivity contribution in [3.63, 3.8) is 0 Å².